The van der Waals surface area contributed by atoms with Crippen molar-refractivity contribution in [3.63, 3.8) is 0 Å². The van der Waals surface area contributed by atoms with Gasteiger partial charge < -0.3 is 5.11 Å². The van der Waals surface area contributed by atoms with E-state index in [4.69, 9.17) is 0 Å². The Labute approximate surface area is 145 Å². The Bertz CT molecular complexity index is 616. The fourth-order valence-corrected chi connectivity index (χ4v) is 2.84. The van der Waals surface area contributed by atoms with Gasteiger partial charge in [0.1, 0.15) is 0 Å². The monoisotopic (exact) mass is 356 g/mol. The first kappa shape index (κ1) is 19.4. The average Bonchev–Trinajstić information content (AvgIpc) is 2.91. The summed E-state index contributed by atoms with van der Waals surface area (Å²) in [5.74, 6) is -4.25. The lowest BCUT2D eigenvalue weighted by atomic mass is 10.1. The van der Waals surface area contributed by atoms with Crippen molar-refractivity contribution < 1.29 is 23.1 Å². The van der Waals surface area contributed by atoms with Crippen LogP contribution in [0.25, 0.3) is 0 Å². The molecule has 0 bridgehead atoms. The van der Waals surface area contributed by atoms with E-state index in [1.807, 2.05) is 6.92 Å². The van der Waals surface area contributed by atoms with Gasteiger partial charge in [-0.25, -0.2) is 4.99 Å². The van der Waals surface area contributed by atoms with Crippen LogP contribution in [-0.2, 0) is 11.2 Å². The number of aliphatic imine (C=N–C) groups is 1. The minimum Gasteiger partial charge on any atom is -0.345 e. The summed E-state index contributed by atoms with van der Waals surface area (Å²) in [5.41, 5.74) is 0.811. The van der Waals surface area contributed by atoms with Gasteiger partial charge >= 0.3 is 12.0 Å². The summed E-state index contributed by atoms with van der Waals surface area (Å²) < 4.78 is 40.1. The van der Waals surface area contributed by atoms with Gasteiger partial charge in [0.2, 0.25) is 5.91 Å². The van der Waals surface area contributed by atoms with Gasteiger partial charge in [-0.15, -0.1) is 0 Å². The highest BCUT2D eigenvalue weighted by atomic mass is 19.4. The summed E-state index contributed by atoms with van der Waals surface area (Å²) in [5, 5.41) is 10.1. The van der Waals surface area contributed by atoms with Crippen LogP contribution in [0.1, 0.15) is 44.6 Å². The number of unbranched alkanes of at least 4 members (excludes halogenated alkanes) is 3. The SMILES string of the molecule is CCCCCCC1=NC(O)(C(F)(F)F)N(C(=O)Cc2ccccc2)C1. The van der Waals surface area contributed by atoms with E-state index in [0.29, 0.717) is 23.3 Å². The van der Waals surface area contributed by atoms with E-state index in [9.17, 15) is 23.1 Å². The molecule has 1 aliphatic rings. The molecule has 1 unspecified atom stereocenters. The van der Waals surface area contributed by atoms with Crippen LogP contribution in [-0.4, -0.2) is 40.2 Å². The smallest absolute Gasteiger partial charge is 0.345 e. The zero-order chi connectivity index (χ0) is 18.5. The van der Waals surface area contributed by atoms with E-state index in [1.165, 1.54) is 0 Å². The molecule has 0 spiro atoms. The first-order valence-corrected chi connectivity index (χ1v) is 8.49. The normalized spacial score (nSPS) is 20.7. The number of aliphatic hydroxyl groups is 1. The maximum atomic E-state index is 13.4. The highest BCUT2D eigenvalue weighted by molar-refractivity contribution is 5.93. The van der Waals surface area contributed by atoms with Crippen LogP contribution in [0.4, 0.5) is 13.2 Å². The van der Waals surface area contributed by atoms with E-state index in [0.717, 1.165) is 19.3 Å². The van der Waals surface area contributed by atoms with Crippen molar-refractivity contribution in [1.82, 2.24) is 4.90 Å². The van der Waals surface area contributed by atoms with Crippen molar-refractivity contribution in [3.8, 4) is 0 Å². The van der Waals surface area contributed by atoms with Gasteiger partial charge in [0, 0.05) is 5.71 Å². The molecule has 1 N–H and O–H groups in total. The van der Waals surface area contributed by atoms with E-state index in [1.54, 1.807) is 30.3 Å². The number of halogens is 3. The molecular formula is C18H23F3N2O2. The van der Waals surface area contributed by atoms with Crippen molar-refractivity contribution in [2.45, 2.75) is 57.5 Å². The average molecular weight is 356 g/mol. The minimum absolute atomic E-state index is 0.210. The minimum atomic E-state index is -5.04. The van der Waals surface area contributed by atoms with Gasteiger partial charge in [-0.05, 0) is 18.4 Å². The lowest BCUT2D eigenvalue weighted by Gasteiger charge is -2.32. The maximum absolute atomic E-state index is 13.4. The molecule has 0 saturated heterocycles. The van der Waals surface area contributed by atoms with Crippen molar-refractivity contribution in [2.75, 3.05) is 6.54 Å². The highest BCUT2D eigenvalue weighted by Gasteiger charge is 2.62. The van der Waals surface area contributed by atoms with E-state index < -0.39 is 17.9 Å². The molecule has 1 aromatic rings. The van der Waals surface area contributed by atoms with Gasteiger partial charge in [-0.2, -0.15) is 13.2 Å². The molecule has 0 saturated carbocycles. The molecule has 1 atom stereocenters. The van der Waals surface area contributed by atoms with Crippen LogP contribution in [0, 0.1) is 0 Å². The van der Waals surface area contributed by atoms with Crippen molar-refractivity contribution in [2.24, 2.45) is 4.99 Å². The molecule has 7 heteroatoms. The molecular weight excluding hydrogens is 333 g/mol. The number of nitrogens with zero attached hydrogens (tertiary/aromatic N) is 2. The summed E-state index contributed by atoms with van der Waals surface area (Å²) >= 11 is 0. The summed E-state index contributed by atoms with van der Waals surface area (Å²) in [7, 11) is 0. The third-order valence-corrected chi connectivity index (χ3v) is 4.23. The van der Waals surface area contributed by atoms with Crippen molar-refractivity contribution >= 4 is 11.6 Å². The van der Waals surface area contributed by atoms with Crippen molar-refractivity contribution in [1.29, 1.82) is 0 Å². The second-order valence-electron chi connectivity index (χ2n) is 6.26. The third-order valence-electron chi connectivity index (χ3n) is 4.23. The van der Waals surface area contributed by atoms with Gasteiger partial charge in [0.15, 0.2) is 0 Å². The summed E-state index contributed by atoms with van der Waals surface area (Å²) in [6.45, 7) is 1.76. The molecule has 1 aliphatic heterocycles. The third kappa shape index (κ3) is 4.60. The Morgan fingerprint density at radius 3 is 2.52 bits per heavy atom. The lowest BCUT2D eigenvalue weighted by molar-refractivity contribution is -0.299. The number of carbonyl (C=O) groups excluding carboxylic acids is 1. The zero-order valence-electron chi connectivity index (χ0n) is 14.2. The van der Waals surface area contributed by atoms with Crippen LogP contribution in [0.2, 0.25) is 0 Å². The van der Waals surface area contributed by atoms with Crippen LogP contribution < -0.4 is 0 Å². The molecule has 25 heavy (non-hydrogen) atoms. The second-order valence-corrected chi connectivity index (χ2v) is 6.26. The van der Waals surface area contributed by atoms with Crippen LogP contribution >= 0.6 is 0 Å². The van der Waals surface area contributed by atoms with Gasteiger partial charge in [0.05, 0.1) is 13.0 Å². The standard InChI is InChI=1S/C18H23F3N2O2/c1-2-3-4-8-11-15-13-23(18(25,22-15)17(19,20)21)16(24)12-14-9-6-5-7-10-14/h5-7,9-10,25H,2-4,8,11-13H2,1H3. The topological polar surface area (TPSA) is 52.9 Å². The molecule has 1 amide bonds. The number of benzene rings is 1. The van der Waals surface area contributed by atoms with Crippen LogP contribution in [0.5, 0.6) is 0 Å². The van der Waals surface area contributed by atoms with Gasteiger partial charge in [-0.3, -0.25) is 9.69 Å². The molecule has 2 rings (SSSR count). The number of hydrogen-bond donors (Lipinski definition) is 1. The van der Waals surface area contributed by atoms with Gasteiger partial charge in [-0.1, -0.05) is 56.5 Å². The first-order chi connectivity index (χ1) is 11.8. The Kier molecular flexibility index (Phi) is 6.21. The largest absolute Gasteiger partial charge is 0.460 e. The Morgan fingerprint density at radius 1 is 1.24 bits per heavy atom. The molecule has 138 valence electrons. The maximum Gasteiger partial charge on any atom is 0.460 e. The fourth-order valence-electron chi connectivity index (χ4n) is 2.84. The van der Waals surface area contributed by atoms with E-state index in [2.05, 4.69) is 4.99 Å². The molecule has 1 heterocycles. The van der Waals surface area contributed by atoms with Crippen LogP contribution in [0.15, 0.2) is 35.3 Å². The van der Waals surface area contributed by atoms with Gasteiger partial charge in [0.25, 0.3) is 0 Å². The zero-order valence-corrected chi connectivity index (χ0v) is 14.2. The summed E-state index contributed by atoms with van der Waals surface area (Å²) in [6.07, 6.45) is -1.30. The fraction of sp³-hybridized carbons (Fsp3) is 0.556. The molecule has 0 fully saturated rings. The highest BCUT2D eigenvalue weighted by Crippen LogP contribution is 2.38. The Balaban J connectivity index is 2.12. The Hall–Kier alpha value is -1.89. The number of carbonyl (C=O) groups is 1. The number of amides is 1. The molecule has 0 aromatic heterocycles. The predicted molar refractivity (Wildman–Crippen MR) is 89.1 cm³/mol. The lowest BCUT2D eigenvalue weighted by Crippen LogP contribution is -2.57. The van der Waals surface area contributed by atoms with E-state index >= 15 is 0 Å². The number of hydrogen-bond acceptors (Lipinski definition) is 3. The van der Waals surface area contributed by atoms with Crippen LogP contribution in [0.3, 0.4) is 0 Å². The Morgan fingerprint density at radius 2 is 1.92 bits per heavy atom. The number of rotatable bonds is 7. The summed E-state index contributed by atoms with van der Waals surface area (Å²) in [6, 6.07) is 8.49. The number of alkyl halides is 3. The summed E-state index contributed by atoms with van der Waals surface area (Å²) in [4.78, 5) is 16.3. The molecule has 0 aliphatic carbocycles. The van der Waals surface area contributed by atoms with Crippen molar-refractivity contribution in [3.05, 3.63) is 35.9 Å². The quantitative estimate of drug-likeness (QED) is 0.758. The predicted octanol–water partition coefficient (Wildman–Crippen LogP) is 3.69. The molecule has 0 radical (unpaired) electrons. The first-order valence-electron chi connectivity index (χ1n) is 8.49. The second kappa shape index (κ2) is 7.99. The van der Waals surface area contributed by atoms with E-state index in [-0.39, 0.29) is 18.7 Å². The molecule has 4 nitrogen and oxygen atoms in total. The molecule has 1 aromatic carbocycles.